The highest BCUT2D eigenvalue weighted by molar-refractivity contribution is 7.99. The lowest BCUT2D eigenvalue weighted by Crippen LogP contribution is -2.46. The van der Waals surface area contributed by atoms with Crippen LogP contribution in [0.5, 0.6) is 0 Å². The van der Waals surface area contributed by atoms with Crippen molar-refractivity contribution in [3.05, 3.63) is 71.1 Å². The van der Waals surface area contributed by atoms with Gasteiger partial charge < -0.3 is 15.1 Å². The SMILES string of the molecule is Cc1ccc(Cl)cc1NC(=O)CSc1nccc(N2CCN(c3ccc(F)cc3)CC2)n1. The topological polar surface area (TPSA) is 61.4 Å². The zero-order valence-corrected chi connectivity index (χ0v) is 19.2. The lowest BCUT2D eigenvalue weighted by molar-refractivity contribution is -0.113. The molecule has 1 fully saturated rings. The molecule has 2 aromatic carbocycles. The van der Waals surface area contributed by atoms with E-state index in [9.17, 15) is 9.18 Å². The summed E-state index contributed by atoms with van der Waals surface area (Å²) in [7, 11) is 0. The Labute approximate surface area is 195 Å². The Morgan fingerprint density at radius 1 is 1.09 bits per heavy atom. The number of piperazine rings is 1. The minimum Gasteiger partial charge on any atom is -0.368 e. The second-order valence-electron chi connectivity index (χ2n) is 7.44. The van der Waals surface area contributed by atoms with Crippen LogP contribution < -0.4 is 15.1 Å². The number of hydrogen-bond acceptors (Lipinski definition) is 6. The van der Waals surface area contributed by atoms with Gasteiger partial charge in [-0.15, -0.1) is 0 Å². The monoisotopic (exact) mass is 471 g/mol. The fourth-order valence-corrected chi connectivity index (χ4v) is 4.27. The van der Waals surface area contributed by atoms with E-state index in [2.05, 4.69) is 25.1 Å². The van der Waals surface area contributed by atoms with E-state index >= 15 is 0 Å². The zero-order valence-electron chi connectivity index (χ0n) is 17.6. The first kappa shape index (κ1) is 22.4. The Balaban J connectivity index is 1.31. The third-order valence-corrected chi connectivity index (χ3v) is 6.32. The Hall–Kier alpha value is -2.84. The molecule has 0 radical (unpaired) electrons. The molecule has 3 aromatic rings. The van der Waals surface area contributed by atoms with Gasteiger partial charge in [-0.2, -0.15) is 0 Å². The van der Waals surface area contributed by atoms with Crippen molar-refractivity contribution < 1.29 is 9.18 Å². The summed E-state index contributed by atoms with van der Waals surface area (Å²) < 4.78 is 13.2. The standard InChI is InChI=1S/C23H23ClFN5OS/c1-16-2-3-17(24)14-20(16)27-22(31)15-32-23-26-9-8-21(28-23)30-12-10-29(11-13-30)19-6-4-18(25)5-7-19/h2-9,14H,10-13,15H2,1H3,(H,27,31). The van der Waals surface area contributed by atoms with E-state index in [1.807, 2.05) is 19.1 Å². The van der Waals surface area contributed by atoms with Crippen LogP contribution in [-0.4, -0.2) is 47.8 Å². The van der Waals surface area contributed by atoms with Crippen molar-refractivity contribution in [1.29, 1.82) is 0 Å². The van der Waals surface area contributed by atoms with Crippen LogP contribution in [0.15, 0.2) is 59.9 Å². The summed E-state index contributed by atoms with van der Waals surface area (Å²) in [5, 5.41) is 4.02. The summed E-state index contributed by atoms with van der Waals surface area (Å²) in [5.74, 6) is 0.678. The van der Waals surface area contributed by atoms with Gasteiger partial charge in [0.25, 0.3) is 0 Å². The predicted octanol–water partition coefficient (Wildman–Crippen LogP) is 4.63. The molecule has 0 unspecified atom stereocenters. The van der Waals surface area contributed by atoms with Gasteiger partial charge in [0.15, 0.2) is 5.16 Å². The third-order valence-electron chi connectivity index (χ3n) is 5.22. The van der Waals surface area contributed by atoms with E-state index in [4.69, 9.17) is 11.6 Å². The van der Waals surface area contributed by atoms with Crippen LogP contribution in [0.2, 0.25) is 5.02 Å². The summed E-state index contributed by atoms with van der Waals surface area (Å²) in [5.41, 5.74) is 2.67. The molecule has 1 aliphatic heterocycles. The van der Waals surface area contributed by atoms with Gasteiger partial charge in [-0.1, -0.05) is 29.4 Å². The Morgan fingerprint density at radius 2 is 1.81 bits per heavy atom. The van der Waals surface area contributed by atoms with Crippen molar-refractivity contribution >= 4 is 46.5 Å². The van der Waals surface area contributed by atoms with Crippen LogP contribution in [0, 0.1) is 12.7 Å². The Bertz CT molecular complexity index is 1090. The van der Waals surface area contributed by atoms with Crippen LogP contribution in [-0.2, 0) is 4.79 Å². The molecule has 9 heteroatoms. The highest BCUT2D eigenvalue weighted by Gasteiger charge is 2.19. The first-order valence-electron chi connectivity index (χ1n) is 10.3. The fourth-order valence-electron chi connectivity index (χ4n) is 3.47. The molecule has 1 saturated heterocycles. The van der Waals surface area contributed by atoms with E-state index in [1.54, 1.807) is 30.5 Å². The van der Waals surface area contributed by atoms with Gasteiger partial charge in [0.05, 0.1) is 5.75 Å². The number of amides is 1. The molecule has 0 aliphatic carbocycles. The van der Waals surface area contributed by atoms with Crippen molar-refractivity contribution in [1.82, 2.24) is 9.97 Å². The molecule has 2 heterocycles. The summed E-state index contributed by atoms with van der Waals surface area (Å²) in [6.45, 7) is 5.15. The molecule has 0 spiro atoms. The van der Waals surface area contributed by atoms with E-state index in [1.165, 1.54) is 23.9 Å². The summed E-state index contributed by atoms with van der Waals surface area (Å²) in [4.78, 5) is 25.7. The molecular weight excluding hydrogens is 449 g/mol. The Kier molecular flexibility index (Phi) is 7.12. The maximum atomic E-state index is 13.2. The van der Waals surface area contributed by atoms with Gasteiger partial charge in [-0.05, 0) is 55.0 Å². The number of anilines is 3. The molecule has 0 atom stereocenters. The molecule has 32 heavy (non-hydrogen) atoms. The van der Waals surface area contributed by atoms with Crippen LogP contribution >= 0.6 is 23.4 Å². The quantitative estimate of drug-likeness (QED) is 0.417. The van der Waals surface area contributed by atoms with Gasteiger partial charge in [-0.25, -0.2) is 14.4 Å². The number of halogens is 2. The minimum absolute atomic E-state index is 0.137. The minimum atomic E-state index is -0.227. The number of rotatable bonds is 6. The number of aryl methyl sites for hydroxylation is 1. The van der Waals surface area contributed by atoms with Gasteiger partial charge in [0, 0.05) is 48.8 Å². The largest absolute Gasteiger partial charge is 0.368 e. The number of benzene rings is 2. The number of nitrogens with one attached hydrogen (secondary N) is 1. The molecule has 1 aromatic heterocycles. The second kappa shape index (κ2) is 10.2. The number of carbonyl (C=O) groups excluding carboxylic acids is 1. The molecule has 166 valence electrons. The van der Waals surface area contributed by atoms with Gasteiger partial charge in [0.2, 0.25) is 5.91 Å². The van der Waals surface area contributed by atoms with Gasteiger partial charge >= 0.3 is 0 Å². The van der Waals surface area contributed by atoms with Crippen molar-refractivity contribution in [2.45, 2.75) is 12.1 Å². The molecule has 4 rings (SSSR count). The molecule has 6 nitrogen and oxygen atoms in total. The average Bonchev–Trinajstić information content (AvgIpc) is 2.81. The summed E-state index contributed by atoms with van der Waals surface area (Å²) in [6.07, 6.45) is 1.72. The highest BCUT2D eigenvalue weighted by atomic mass is 35.5. The molecular formula is C23H23ClFN5OS. The third kappa shape index (κ3) is 5.69. The normalized spacial score (nSPS) is 13.8. The van der Waals surface area contributed by atoms with Crippen molar-refractivity contribution in [3.8, 4) is 0 Å². The number of nitrogens with zero attached hydrogens (tertiary/aromatic N) is 4. The number of carbonyl (C=O) groups is 1. The molecule has 1 amide bonds. The summed E-state index contributed by atoms with van der Waals surface area (Å²) in [6, 6.07) is 13.9. The maximum absolute atomic E-state index is 13.2. The van der Waals surface area contributed by atoms with Crippen molar-refractivity contribution in [3.63, 3.8) is 0 Å². The van der Waals surface area contributed by atoms with E-state index in [0.29, 0.717) is 15.9 Å². The number of hydrogen-bond donors (Lipinski definition) is 1. The lowest BCUT2D eigenvalue weighted by Gasteiger charge is -2.36. The van der Waals surface area contributed by atoms with Crippen LogP contribution in [0.25, 0.3) is 0 Å². The smallest absolute Gasteiger partial charge is 0.234 e. The maximum Gasteiger partial charge on any atom is 0.234 e. The Morgan fingerprint density at radius 3 is 2.56 bits per heavy atom. The van der Waals surface area contributed by atoms with Crippen LogP contribution in [0.1, 0.15) is 5.56 Å². The number of aromatic nitrogens is 2. The van der Waals surface area contributed by atoms with E-state index in [-0.39, 0.29) is 17.5 Å². The zero-order chi connectivity index (χ0) is 22.5. The predicted molar refractivity (Wildman–Crippen MR) is 128 cm³/mol. The molecule has 1 N–H and O–H groups in total. The highest BCUT2D eigenvalue weighted by Crippen LogP contribution is 2.23. The first-order chi connectivity index (χ1) is 15.5. The second-order valence-corrected chi connectivity index (χ2v) is 8.82. The summed E-state index contributed by atoms with van der Waals surface area (Å²) >= 11 is 7.31. The van der Waals surface area contributed by atoms with Crippen LogP contribution in [0.4, 0.5) is 21.6 Å². The number of thioether (sulfide) groups is 1. The lowest BCUT2D eigenvalue weighted by atomic mass is 10.2. The molecule has 1 aliphatic rings. The fraction of sp³-hybridized carbons (Fsp3) is 0.261. The van der Waals surface area contributed by atoms with Crippen molar-refractivity contribution in [2.24, 2.45) is 0 Å². The molecule has 0 bridgehead atoms. The average molecular weight is 472 g/mol. The molecule has 0 saturated carbocycles. The van der Waals surface area contributed by atoms with Gasteiger partial charge in [-0.3, -0.25) is 4.79 Å². The van der Waals surface area contributed by atoms with Gasteiger partial charge in [0.1, 0.15) is 11.6 Å². The van der Waals surface area contributed by atoms with E-state index < -0.39 is 0 Å². The van der Waals surface area contributed by atoms with Crippen molar-refractivity contribution in [2.75, 3.05) is 47.0 Å². The van der Waals surface area contributed by atoms with Crippen LogP contribution in [0.3, 0.4) is 0 Å². The first-order valence-corrected chi connectivity index (χ1v) is 11.6. The van der Waals surface area contributed by atoms with E-state index in [0.717, 1.165) is 43.2 Å².